The molecule has 1 N–H and O–H groups in total. The van der Waals surface area contributed by atoms with Crippen molar-refractivity contribution < 1.29 is 13.2 Å². The van der Waals surface area contributed by atoms with Crippen LogP contribution >= 0.6 is 11.3 Å². The van der Waals surface area contributed by atoms with Crippen molar-refractivity contribution in [1.82, 2.24) is 14.2 Å². The Bertz CT molecular complexity index is 796. The number of carbonyl (C=O) groups excluding carboxylic acids is 1. The summed E-state index contributed by atoms with van der Waals surface area (Å²) in [7, 11) is -3.45. The third-order valence-electron chi connectivity index (χ3n) is 4.14. The summed E-state index contributed by atoms with van der Waals surface area (Å²) >= 11 is 1.29. The summed E-state index contributed by atoms with van der Waals surface area (Å²) in [4.78, 5) is 18.1. The largest absolute Gasteiger partial charge is 0.367 e. The van der Waals surface area contributed by atoms with Gasteiger partial charge < -0.3 is 9.88 Å². The summed E-state index contributed by atoms with van der Waals surface area (Å²) in [5.74, 6) is 0.0424. The number of aromatic amines is 1. The Hall–Kier alpha value is -1.64. The number of hydrogen-bond donors (Lipinski definition) is 1. The predicted molar refractivity (Wildman–Crippen MR) is 93.5 cm³/mol. The van der Waals surface area contributed by atoms with Crippen molar-refractivity contribution in [3.63, 3.8) is 0 Å². The highest BCUT2D eigenvalue weighted by molar-refractivity contribution is 7.91. The van der Waals surface area contributed by atoms with Crippen molar-refractivity contribution in [2.75, 3.05) is 26.2 Å². The maximum absolute atomic E-state index is 12.7. The first-order valence-corrected chi connectivity index (χ1v) is 10.2. The zero-order valence-corrected chi connectivity index (χ0v) is 15.2. The number of sulfonamides is 1. The molecule has 1 aliphatic heterocycles. The van der Waals surface area contributed by atoms with E-state index < -0.39 is 10.0 Å². The van der Waals surface area contributed by atoms with Crippen molar-refractivity contribution >= 4 is 27.3 Å². The number of carbonyl (C=O) groups is 1. The van der Waals surface area contributed by atoms with Crippen LogP contribution in [0, 0.1) is 6.92 Å². The van der Waals surface area contributed by atoms with Gasteiger partial charge in [-0.2, -0.15) is 4.31 Å². The van der Waals surface area contributed by atoms with Crippen molar-refractivity contribution in [2.45, 2.75) is 24.0 Å². The van der Waals surface area contributed by atoms with Crippen LogP contribution in [0.2, 0.25) is 0 Å². The standard InChI is InChI=1S/C16H21N3O3S2/c1-13-3-4-16(23-13)24(21,22)19-8-2-7-18(9-10-19)15(20)11-14-5-6-17-12-14/h3-6,12,17H,2,7-11H2,1H3. The second kappa shape index (κ2) is 7.08. The molecule has 0 saturated carbocycles. The van der Waals surface area contributed by atoms with E-state index in [1.165, 1.54) is 15.6 Å². The number of hydrogen-bond acceptors (Lipinski definition) is 4. The molecule has 2 aromatic rings. The van der Waals surface area contributed by atoms with Crippen LogP contribution in [-0.2, 0) is 21.2 Å². The van der Waals surface area contributed by atoms with Crippen LogP contribution in [0.5, 0.6) is 0 Å². The van der Waals surface area contributed by atoms with E-state index in [0.29, 0.717) is 43.2 Å². The highest BCUT2D eigenvalue weighted by Gasteiger charge is 2.29. The molecule has 3 heterocycles. The molecule has 3 rings (SSSR count). The van der Waals surface area contributed by atoms with E-state index in [1.807, 2.05) is 25.3 Å². The minimum atomic E-state index is -3.45. The fourth-order valence-corrected chi connectivity index (χ4v) is 5.72. The molecule has 24 heavy (non-hydrogen) atoms. The molecule has 0 unspecified atom stereocenters. The van der Waals surface area contributed by atoms with Crippen molar-refractivity contribution in [1.29, 1.82) is 0 Å². The number of H-pyrrole nitrogens is 1. The van der Waals surface area contributed by atoms with Crippen LogP contribution in [0.25, 0.3) is 0 Å². The van der Waals surface area contributed by atoms with Gasteiger partial charge in [0, 0.05) is 43.4 Å². The Morgan fingerprint density at radius 1 is 1.21 bits per heavy atom. The first-order chi connectivity index (χ1) is 11.5. The molecule has 0 aromatic carbocycles. The molecule has 130 valence electrons. The number of aromatic nitrogens is 1. The molecule has 0 aliphatic carbocycles. The fourth-order valence-electron chi connectivity index (χ4n) is 2.82. The highest BCUT2D eigenvalue weighted by atomic mass is 32.2. The molecule has 1 saturated heterocycles. The molecule has 0 radical (unpaired) electrons. The molecule has 0 spiro atoms. The molecule has 0 bridgehead atoms. The normalized spacial score (nSPS) is 17.0. The number of amides is 1. The Morgan fingerprint density at radius 3 is 2.71 bits per heavy atom. The molecular formula is C16H21N3O3S2. The second-order valence-corrected chi connectivity index (χ2v) is 9.35. The van der Waals surface area contributed by atoms with Crippen molar-refractivity contribution in [3.05, 3.63) is 41.0 Å². The average molecular weight is 367 g/mol. The average Bonchev–Trinajstić information content (AvgIpc) is 3.13. The van der Waals surface area contributed by atoms with E-state index in [4.69, 9.17) is 0 Å². The molecule has 8 heteroatoms. The van der Waals surface area contributed by atoms with Crippen LogP contribution in [0.1, 0.15) is 16.9 Å². The van der Waals surface area contributed by atoms with Crippen LogP contribution in [0.15, 0.2) is 34.8 Å². The molecule has 0 atom stereocenters. The molecule has 1 aliphatic rings. The van der Waals surface area contributed by atoms with Gasteiger partial charge in [-0.15, -0.1) is 11.3 Å². The number of thiophene rings is 1. The zero-order valence-electron chi connectivity index (χ0n) is 13.6. The maximum Gasteiger partial charge on any atom is 0.252 e. The summed E-state index contributed by atoms with van der Waals surface area (Å²) < 4.78 is 27.3. The lowest BCUT2D eigenvalue weighted by atomic mass is 10.2. The van der Waals surface area contributed by atoms with Gasteiger partial charge in [0.15, 0.2) is 0 Å². The van der Waals surface area contributed by atoms with E-state index in [2.05, 4.69) is 4.98 Å². The Kier molecular flexibility index (Phi) is 5.07. The van der Waals surface area contributed by atoms with Gasteiger partial charge in [0.25, 0.3) is 10.0 Å². The second-order valence-electron chi connectivity index (χ2n) is 5.90. The van der Waals surface area contributed by atoms with Gasteiger partial charge in [-0.3, -0.25) is 4.79 Å². The molecule has 2 aromatic heterocycles. The van der Waals surface area contributed by atoms with E-state index in [-0.39, 0.29) is 5.91 Å². The quantitative estimate of drug-likeness (QED) is 0.896. The lowest BCUT2D eigenvalue weighted by Gasteiger charge is -2.21. The first kappa shape index (κ1) is 17.2. The number of rotatable bonds is 4. The Labute approximate surface area is 146 Å². The van der Waals surface area contributed by atoms with Crippen LogP contribution in [0.3, 0.4) is 0 Å². The van der Waals surface area contributed by atoms with Gasteiger partial charge >= 0.3 is 0 Å². The smallest absolute Gasteiger partial charge is 0.252 e. The van der Waals surface area contributed by atoms with Gasteiger partial charge in [0.1, 0.15) is 4.21 Å². The van der Waals surface area contributed by atoms with Gasteiger partial charge in [0.05, 0.1) is 6.42 Å². The van der Waals surface area contributed by atoms with E-state index >= 15 is 0 Å². The maximum atomic E-state index is 12.7. The summed E-state index contributed by atoms with van der Waals surface area (Å²) in [6.07, 6.45) is 4.61. The van der Waals surface area contributed by atoms with Crippen molar-refractivity contribution in [3.8, 4) is 0 Å². The van der Waals surface area contributed by atoms with Crippen LogP contribution in [0.4, 0.5) is 0 Å². The van der Waals surface area contributed by atoms with Gasteiger partial charge in [-0.25, -0.2) is 8.42 Å². The van der Waals surface area contributed by atoms with Crippen LogP contribution < -0.4 is 0 Å². The van der Waals surface area contributed by atoms with Gasteiger partial charge in [-0.1, -0.05) is 0 Å². The zero-order chi connectivity index (χ0) is 17.2. The van der Waals surface area contributed by atoms with E-state index in [1.54, 1.807) is 17.2 Å². The van der Waals surface area contributed by atoms with Crippen LogP contribution in [-0.4, -0.2) is 54.7 Å². The minimum Gasteiger partial charge on any atom is -0.367 e. The summed E-state index contributed by atoms with van der Waals surface area (Å²) in [5, 5.41) is 0. The number of nitrogens with zero attached hydrogens (tertiary/aromatic N) is 2. The Morgan fingerprint density at radius 2 is 2.04 bits per heavy atom. The summed E-state index contributed by atoms with van der Waals surface area (Å²) in [6.45, 7) is 3.73. The monoisotopic (exact) mass is 367 g/mol. The van der Waals surface area contributed by atoms with Gasteiger partial charge in [0.2, 0.25) is 5.91 Å². The third kappa shape index (κ3) is 3.71. The Balaban J connectivity index is 1.65. The summed E-state index contributed by atoms with van der Waals surface area (Å²) in [6, 6.07) is 5.36. The van der Waals surface area contributed by atoms with E-state index in [9.17, 15) is 13.2 Å². The van der Waals surface area contributed by atoms with E-state index in [0.717, 1.165) is 10.4 Å². The topological polar surface area (TPSA) is 73.5 Å². The molecular weight excluding hydrogens is 346 g/mol. The lowest BCUT2D eigenvalue weighted by molar-refractivity contribution is -0.130. The molecule has 1 amide bonds. The third-order valence-corrected chi connectivity index (χ3v) is 7.50. The van der Waals surface area contributed by atoms with Gasteiger partial charge in [-0.05, 0) is 37.1 Å². The lowest BCUT2D eigenvalue weighted by Crippen LogP contribution is -2.37. The first-order valence-electron chi connectivity index (χ1n) is 7.93. The molecule has 6 nitrogen and oxygen atoms in total. The molecule has 1 fully saturated rings. The van der Waals surface area contributed by atoms with Crippen molar-refractivity contribution in [2.24, 2.45) is 0 Å². The summed E-state index contributed by atoms with van der Waals surface area (Å²) in [5.41, 5.74) is 0.947. The SMILES string of the molecule is Cc1ccc(S(=O)(=O)N2CCCN(C(=O)Cc3cc[nH]c3)CC2)s1. The number of aryl methyl sites for hydroxylation is 1. The fraction of sp³-hybridized carbons (Fsp3) is 0.438. The number of nitrogens with one attached hydrogen (secondary N) is 1. The predicted octanol–water partition coefficient (Wildman–Crippen LogP) is 1.85. The minimum absolute atomic E-state index is 0.0424. The highest BCUT2D eigenvalue weighted by Crippen LogP contribution is 2.25.